The second-order valence-electron chi connectivity index (χ2n) is 9.21. The summed E-state index contributed by atoms with van der Waals surface area (Å²) in [6, 6.07) is 23.0. The fourth-order valence-electron chi connectivity index (χ4n) is 4.44. The number of anilines is 1. The zero-order chi connectivity index (χ0) is 25.8. The zero-order valence-corrected chi connectivity index (χ0v) is 21.3. The topological polar surface area (TPSA) is 84.7 Å². The number of carbonyl (C=O) groups is 2. The van der Waals surface area contributed by atoms with E-state index in [1.54, 1.807) is 30.0 Å². The van der Waals surface area contributed by atoms with Crippen LogP contribution >= 0.6 is 11.6 Å². The number of nitrogens with one attached hydrogen (secondary N) is 1. The molecular weight excluding hydrogens is 490 g/mol. The number of halogens is 1. The molecule has 1 amide bonds. The summed E-state index contributed by atoms with van der Waals surface area (Å²) >= 11 is 6.06. The van der Waals surface area contributed by atoms with Crippen molar-refractivity contribution in [3.8, 4) is 0 Å². The van der Waals surface area contributed by atoms with E-state index in [2.05, 4.69) is 10.3 Å². The Morgan fingerprint density at radius 2 is 1.89 bits per heavy atom. The average Bonchev–Trinajstić information content (AvgIpc) is 3.55. The number of aromatic nitrogens is 1. The Morgan fingerprint density at radius 3 is 2.68 bits per heavy atom. The molecule has 0 bridgehead atoms. The van der Waals surface area contributed by atoms with E-state index in [0.717, 1.165) is 17.5 Å². The maximum absolute atomic E-state index is 13.6. The van der Waals surface area contributed by atoms with Gasteiger partial charge in [0.25, 0.3) is 11.9 Å². The first-order valence-corrected chi connectivity index (χ1v) is 12.8. The predicted molar refractivity (Wildman–Crippen MR) is 142 cm³/mol. The summed E-state index contributed by atoms with van der Waals surface area (Å²) in [5.74, 6) is -0.333. The second kappa shape index (κ2) is 11.0. The van der Waals surface area contributed by atoms with E-state index in [0.29, 0.717) is 53.9 Å². The Balaban J connectivity index is 1.31. The molecule has 1 aliphatic rings. The molecule has 1 saturated carbocycles. The molecule has 2 atom stereocenters. The summed E-state index contributed by atoms with van der Waals surface area (Å²) in [6.45, 7) is 3.61. The van der Waals surface area contributed by atoms with Gasteiger partial charge in [0, 0.05) is 30.2 Å². The van der Waals surface area contributed by atoms with Crippen molar-refractivity contribution < 1.29 is 18.7 Å². The number of nitrogens with zero attached hydrogens (tertiary/aromatic N) is 2. The van der Waals surface area contributed by atoms with E-state index >= 15 is 0 Å². The van der Waals surface area contributed by atoms with E-state index in [4.69, 9.17) is 20.8 Å². The van der Waals surface area contributed by atoms with Gasteiger partial charge in [-0.05, 0) is 60.7 Å². The van der Waals surface area contributed by atoms with Gasteiger partial charge in [-0.25, -0.2) is 0 Å². The van der Waals surface area contributed by atoms with Crippen molar-refractivity contribution in [2.45, 2.75) is 26.4 Å². The van der Waals surface area contributed by atoms with Gasteiger partial charge >= 0.3 is 5.97 Å². The molecule has 0 radical (unpaired) electrons. The molecule has 1 heterocycles. The van der Waals surface area contributed by atoms with Crippen LogP contribution in [0, 0.1) is 11.8 Å². The Hall–Kier alpha value is -3.84. The normalized spacial score (nSPS) is 16.4. The third kappa shape index (κ3) is 6.12. The smallest absolute Gasteiger partial charge is 0.309 e. The Labute approximate surface area is 220 Å². The first-order valence-electron chi connectivity index (χ1n) is 12.4. The number of oxazole rings is 1. The summed E-state index contributed by atoms with van der Waals surface area (Å²) in [5, 5.41) is 3.83. The van der Waals surface area contributed by atoms with Crippen LogP contribution < -0.4 is 5.32 Å². The Kier molecular flexibility index (Phi) is 7.42. The number of rotatable bonds is 10. The van der Waals surface area contributed by atoms with Crippen molar-refractivity contribution in [2.24, 2.45) is 11.8 Å². The molecule has 8 heteroatoms. The molecule has 1 aromatic heterocycles. The van der Waals surface area contributed by atoms with Gasteiger partial charge in [-0.1, -0.05) is 54.1 Å². The van der Waals surface area contributed by atoms with Crippen LogP contribution in [0.2, 0.25) is 5.02 Å². The monoisotopic (exact) mass is 517 g/mol. The summed E-state index contributed by atoms with van der Waals surface area (Å²) in [4.78, 5) is 32.1. The van der Waals surface area contributed by atoms with Gasteiger partial charge < -0.3 is 19.4 Å². The van der Waals surface area contributed by atoms with Crippen LogP contribution in [-0.4, -0.2) is 34.9 Å². The Bertz CT molecular complexity index is 1400. The van der Waals surface area contributed by atoms with Gasteiger partial charge in [-0.3, -0.25) is 9.59 Å². The molecule has 190 valence electrons. The molecule has 5 rings (SSSR count). The van der Waals surface area contributed by atoms with Crippen LogP contribution in [0.4, 0.5) is 6.01 Å². The SMILES string of the molecule is CCOC(=O)C1CC1CN(Cc1ccccc1)C(=O)c1ccc2oc(NCc3cccc(Cl)c3)nc2c1. The quantitative estimate of drug-likeness (QED) is 0.262. The van der Waals surface area contributed by atoms with E-state index in [1.807, 2.05) is 54.6 Å². The molecule has 2 unspecified atom stereocenters. The summed E-state index contributed by atoms with van der Waals surface area (Å²) in [6.07, 6.45) is 0.737. The minimum atomic E-state index is -0.179. The van der Waals surface area contributed by atoms with Gasteiger partial charge in [0.05, 0.1) is 12.5 Å². The molecule has 1 N–H and O–H groups in total. The van der Waals surface area contributed by atoms with Crippen LogP contribution in [0.1, 0.15) is 34.8 Å². The third-order valence-electron chi connectivity index (χ3n) is 6.44. The first-order chi connectivity index (χ1) is 18.0. The lowest BCUT2D eigenvalue weighted by Crippen LogP contribution is -2.33. The van der Waals surface area contributed by atoms with Crippen molar-refractivity contribution in [1.82, 2.24) is 9.88 Å². The predicted octanol–water partition coefficient (Wildman–Crippen LogP) is 5.93. The lowest BCUT2D eigenvalue weighted by molar-refractivity contribution is -0.145. The number of esters is 1. The second-order valence-corrected chi connectivity index (χ2v) is 9.65. The van der Waals surface area contributed by atoms with Crippen molar-refractivity contribution in [3.05, 3.63) is 94.5 Å². The van der Waals surface area contributed by atoms with Crippen LogP contribution in [0.3, 0.4) is 0 Å². The number of ether oxygens (including phenoxy) is 1. The van der Waals surface area contributed by atoms with Crippen LogP contribution in [0.25, 0.3) is 11.1 Å². The van der Waals surface area contributed by atoms with E-state index in [1.165, 1.54) is 0 Å². The summed E-state index contributed by atoms with van der Waals surface area (Å²) in [5.41, 5.74) is 3.73. The number of fused-ring (bicyclic) bond motifs is 1. The van der Waals surface area contributed by atoms with E-state index in [9.17, 15) is 9.59 Å². The van der Waals surface area contributed by atoms with Gasteiger partial charge in [0.2, 0.25) is 0 Å². The first kappa shape index (κ1) is 24.8. The molecule has 0 saturated heterocycles. The highest BCUT2D eigenvalue weighted by Gasteiger charge is 2.45. The molecule has 7 nitrogen and oxygen atoms in total. The molecule has 37 heavy (non-hydrogen) atoms. The molecule has 0 aliphatic heterocycles. The fraction of sp³-hybridized carbons (Fsp3) is 0.276. The number of hydrogen-bond acceptors (Lipinski definition) is 6. The highest BCUT2D eigenvalue weighted by molar-refractivity contribution is 6.30. The number of benzene rings is 3. The highest BCUT2D eigenvalue weighted by Crippen LogP contribution is 2.40. The number of amides is 1. The van der Waals surface area contributed by atoms with Crippen LogP contribution in [-0.2, 0) is 22.6 Å². The van der Waals surface area contributed by atoms with Crippen LogP contribution in [0.5, 0.6) is 0 Å². The zero-order valence-electron chi connectivity index (χ0n) is 20.5. The highest BCUT2D eigenvalue weighted by atomic mass is 35.5. The fourth-order valence-corrected chi connectivity index (χ4v) is 4.65. The van der Waals surface area contributed by atoms with Gasteiger partial charge in [0.15, 0.2) is 5.58 Å². The van der Waals surface area contributed by atoms with Crippen molar-refractivity contribution in [2.75, 3.05) is 18.5 Å². The van der Waals surface area contributed by atoms with Crippen molar-refractivity contribution in [1.29, 1.82) is 0 Å². The van der Waals surface area contributed by atoms with Gasteiger partial charge in [-0.15, -0.1) is 0 Å². The van der Waals surface area contributed by atoms with Crippen LogP contribution in [0.15, 0.2) is 77.2 Å². The van der Waals surface area contributed by atoms with Gasteiger partial charge in [0.1, 0.15) is 5.52 Å². The minimum Gasteiger partial charge on any atom is -0.466 e. The maximum atomic E-state index is 13.6. The number of carbonyl (C=O) groups excluding carboxylic acids is 2. The third-order valence-corrected chi connectivity index (χ3v) is 6.67. The lowest BCUT2D eigenvalue weighted by Gasteiger charge is -2.23. The van der Waals surface area contributed by atoms with E-state index in [-0.39, 0.29) is 23.7 Å². The molecule has 1 fully saturated rings. The molecular formula is C29H28ClN3O4. The largest absolute Gasteiger partial charge is 0.466 e. The van der Waals surface area contributed by atoms with Crippen molar-refractivity contribution >= 4 is 40.6 Å². The Morgan fingerprint density at radius 1 is 1.08 bits per heavy atom. The standard InChI is InChI=1S/C29H28ClN3O4/c1-2-36-28(35)24-14-22(24)18-33(17-19-7-4-3-5-8-19)27(34)21-11-12-26-25(15-21)32-29(37-26)31-16-20-9-6-10-23(30)13-20/h3-13,15,22,24H,2,14,16-18H2,1H3,(H,31,32). The minimum absolute atomic E-state index is 0.102. The summed E-state index contributed by atoms with van der Waals surface area (Å²) < 4.78 is 11.0. The van der Waals surface area contributed by atoms with E-state index < -0.39 is 0 Å². The molecule has 4 aromatic rings. The van der Waals surface area contributed by atoms with Crippen molar-refractivity contribution in [3.63, 3.8) is 0 Å². The number of hydrogen-bond donors (Lipinski definition) is 1. The summed E-state index contributed by atoms with van der Waals surface area (Å²) in [7, 11) is 0. The lowest BCUT2D eigenvalue weighted by atomic mass is 10.1. The molecule has 1 aliphatic carbocycles. The molecule has 0 spiro atoms. The van der Waals surface area contributed by atoms with Gasteiger partial charge in [-0.2, -0.15) is 4.98 Å². The maximum Gasteiger partial charge on any atom is 0.309 e. The average molecular weight is 518 g/mol. The molecule has 3 aromatic carbocycles.